The van der Waals surface area contributed by atoms with Gasteiger partial charge in [-0.25, -0.2) is 0 Å². The zero-order valence-corrected chi connectivity index (χ0v) is 14.9. The van der Waals surface area contributed by atoms with E-state index in [1.54, 1.807) is 0 Å². The minimum Gasteiger partial charge on any atom is -0.361 e. The zero-order valence-electron chi connectivity index (χ0n) is 14.1. The maximum atomic E-state index is 12.4. The summed E-state index contributed by atoms with van der Waals surface area (Å²) in [7, 11) is 0. The highest BCUT2D eigenvalue weighted by molar-refractivity contribution is 6.31. The second kappa shape index (κ2) is 6.33. The van der Waals surface area contributed by atoms with E-state index >= 15 is 0 Å². The molecule has 0 saturated carbocycles. The fourth-order valence-corrected chi connectivity index (χ4v) is 3.11. The number of nitrogens with one attached hydrogen (secondary N) is 2. The van der Waals surface area contributed by atoms with Crippen LogP contribution in [-0.4, -0.2) is 17.4 Å². The molecule has 0 radical (unpaired) electrons. The first-order valence-corrected chi connectivity index (χ1v) is 8.36. The molecule has 3 nitrogen and oxygen atoms in total. The lowest BCUT2D eigenvalue weighted by atomic mass is 9.84. The number of aromatic nitrogens is 1. The molecule has 1 aromatic heterocycles. The normalized spacial score (nSPS) is 11.7. The third kappa shape index (κ3) is 3.31. The number of rotatable bonds is 4. The Morgan fingerprint density at radius 1 is 1.21 bits per heavy atom. The number of fused-ring (bicyclic) bond motifs is 1. The highest BCUT2D eigenvalue weighted by Gasteiger charge is 2.25. The van der Waals surface area contributed by atoms with Gasteiger partial charge in [0.25, 0.3) is 5.91 Å². The highest BCUT2D eigenvalue weighted by Crippen LogP contribution is 2.31. The van der Waals surface area contributed by atoms with E-state index in [4.69, 9.17) is 11.6 Å². The second-order valence-electron chi connectivity index (χ2n) is 6.83. The molecular weight excluding hydrogens is 320 g/mol. The number of H-pyrrole nitrogens is 1. The molecule has 0 aliphatic carbocycles. The van der Waals surface area contributed by atoms with Gasteiger partial charge in [0.1, 0.15) is 0 Å². The van der Waals surface area contributed by atoms with Gasteiger partial charge < -0.3 is 10.3 Å². The monoisotopic (exact) mass is 340 g/mol. The van der Waals surface area contributed by atoms with Crippen LogP contribution < -0.4 is 5.32 Å². The van der Waals surface area contributed by atoms with E-state index in [1.807, 2.05) is 55.6 Å². The molecule has 0 aliphatic rings. The number of carbonyl (C=O) groups is 1. The average molecular weight is 341 g/mol. The number of carbonyl (C=O) groups excluding carboxylic acids is 1. The number of hydrogen-bond acceptors (Lipinski definition) is 1. The van der Waals surface area contributed by atoms with E-state index in [9.17, 15) is 4.79 Å². The van der Waals surface area contributed by atoms with Crippen LogP contribution in [-0.2, 0) is 5.41 Å². The van der Waals surface area contributed by atoms with Gasteiger partial charge >= 0.3 is 0 Å². The summed E-state index contributed by atoms with van der Waals surface area (Å²) in [5, 5.41) is 4.85. The Labute approximate surface area is 147 Å². The third-order valence-corrected chi connectivity index (χ3v) is 4.58. The molecule has 0 bridgehead atoms. The van der Waals surface area contributed by atoms with Crippen LogP contribution in [0.4, 0.5) is 0 Å². The molecule has 0 spiro atoms. The van der Waals surface area contributed by atoms with Gasteiger partial charge in [-0.1, -0.05) is 43.1 Å². The Kier molecular flexibility index (Phi) is 4.37. The van der Waals surface area contributed by atoms with Gasteiger partial charge in [-0.2, -0.15) is 0 Å². The Hall–Kier alpha value is -2.26. The van der Waals surface area contributed by atoms with E-state index in [1.165, 1.54) is 0 Å². The molecular formula is C20H21ClN2O. The SMILES string of the molecule is Cc1cccc(C(=O)NCC(C)(C)c2c[nH]c3ccc(Cl)cc23)c1. The molecule has 0 saturated heterocycles. The zero-order chi connectivity index (χ0) is 17.3. The first kappa shape index (κ1) is 16.6. The summed E-state index contributed by atoms with van der Waals surface area (Å²) in [6.07, 6.45) is 2.00. The van der Waals surface area contributed by atoms with E-state index in [2.05, 4.69) is 24.1 Å². The number of hydrogen-bond donors (Lipinski definition) is 2. The van der Waals surface area contributed by atoms with Gasteiger partial charge in [0.15, 0.2) is 0 Å². The summed E-state index contributed by atoms with van der Waals surface area (Å²) in [6.45, 7) is 6.76. The number of benzene rings is 2. The Morgan fingerprint density at radius 3 is 2.75 bits per heavy atom. The third-order valence-electron chi connectivity index (χ3n) is 4.34. The summed E-state index contributed by atoms with van der Waals surface area (Å²) < 4.78 is 0. The van der Waals surface area contributed by atoms with Gasteiger partial charge in [0, 0.05) is 39.6 Å². The summed E-state index contributed by atoms with van der Waals surface area (Å²) in [5.74, 6) is -0.0513. The molecule has 2 N–H and O–H groups in total. The molecule has 1 heterocycles. The molecule has 0 aliphatic heterocycles. The largest absolute Gasteiger partial charge is 0.361 e. The number of aryl methyl sites for hydroxylation is 1. The minimum absolute atomic E-state index is 0.0513. The minimum atomic E-state index is -0.220. The fourth-order valence-electron chi connectivity index (χ4n) is 2.94. The van der Waals surface area contributed by atoms with Gasteiger partial charge in [-0.15, -0.1) is 0 Å². The molecule has 3 rings (SSSR count). The lowest BCUT2D eigenvalue weighted by Crippen LogP contribution is -2.36. The van der Waals surface area contributed by atoms with Crippen LogP contribution >= 0.6 is 11.6 Å². The lowest BCUT2D eigenvalue weighted by Gasteiger charge is -2.25. The van der Waals surface area contributed by atoms with E-state index in [0.717, 1.165) is 22.0 Å². The van der Waals surface area contributed by atoms with Crippen molar-refractivity contribution >= 4 is 28.4 Å². The van der Waals surface area contributed by atoms with Crippen molar-refractivity contribution in [3.05, 3.63) is 70.4 Å². The summed E-state index contributed by atoms with van der Waals surface area (Å²) >= 11 is 6.14. The summed E-state index contributed by atoms with van der Waals surface area (Å²) in [5.41, 5.74) is 3.74. The molecule has 4 heteroatoms. The number of amides is 1. The quantitative estimate of drug-likeness (QED) is 0.701. The van der Waals surface area contributed by atoms with Crippen LogP contribution in [0.25, 0.3) is 10.9 Å². The van der Waals surface area contributed by atoms with Crippen molar-refractivity contribution in [2.45, 2.75) is 26.2 Å². The van der Waals surface area contributed by atoms with Crippen LogP contribution in [0.3, 0.4) is 0 Å². The van der Waals surface area contributed by atoms with Crippen molar-refractivity contribution in [1.29, 1.82) is 0 Å². The molecule has 0 atom stereocenters. The Morgan fingerprint density at radius 2 is 2.00 bits per heavy atom. The lowest BCUT2D eigenvalue weighted by molar-refractivity contribution is 0.0945. The molecule has 124 valence electrons. The summed E-state index contributed by atoms with van der Waals surface area (Å²) in [4.78, 5) is 15.7. The average Bonchev–Trinajstić information content (AvgIpc) is 2.96. The standard InChI is InChI=1S/C20H21ClN2O/c1-13-5-4-6-14(9-13)19(24)23-12-20(2,3)17-11-22-18-8-7-15(21)10-16(17)18/h4-11,22H,12H2,1-3H3,(H,23,24). The molecule has 2 aromatic carbocycles. The highest BCUT2D eigenvalue weighted by atomic mass is 35.5. The van der Waals surface area contributed by atoms with Crippen LogP contribution in [0.1, 0.15) is 35.3 Å². The van der Waals surface area contributed by atoms with Crippen LogP contribution in [0.15, 0.2) is 48.7 Å². The van der Waals surface area contributed by atoms with E-state index < -0.39 is 0 Å². The van der Waals surface area contributed by atoms with Crippen molar-refractivity contribution in [3.63, 3.8) is 0 Å². The van der Waals surface area contributed by atoms with Crippen molar-refractivity contribution in [3.8, 4) is 0 Å². The topological polar surface area (TPSA) is 44.9 Å². The first-order chi connectivity index (χ1) is 11.4. The molecule has 1 amide bonds. The maximum Gasteiger partial charge on any atom is 0.251 e. The van der Waals surface area contributed by atoms with E-state index in [0.29, 0.717) is 17.1 Å². The van der Waals surface area contributed by atoms with Gasteiger partial charge in [-0.3, -0.25) is 4.79 Å². The van der Waals surface area contributed by atoms with Gasteiger partial charge in [-0.05, 0) is 42.8 Å². The van der Waals surface area contributed by atoms with E-state index in [-0.39, 0.29) is 11.3 Å². The second-order valence-corrected chi connectivity index (χ2v) is 7.26. The molecule has 24 heavy (non-hydrogen) atoms. The van der Waals surface area contributed by atoms with Gasteiger partial charge in [0.05, 0.1) is 0 Å². The Bertz CT molecular complexity index is 896. The number of aromatic amines is 1. The van der Waals surface area contributed by atoms with Crippen molar-refractivity contribution in [1.82, 2.24) is 10.3 Å². The molecule has 3 aromatic rings. The smallest absolute Gasteiger partial charge is 0.251 e. The molecule has 0 unspecified atom stereocenters. The van der Waals surface area contributed by atoms with Crippen LogP contribution in [0, 0.1) is 6.92 Å². The predicted octanol–water partition coefficient (Wildman–Crippen LogP) is 4.84. The fraction of sp³-hybridized carbons (Fsp3) is 0.250. The maximum absolute atomic E-state index is 12.4. The number of halogens is 1. The van der Waals surface area contributed by atoms with Gasteiger partial charge in [0.2, 0.25) is 0 Å². The predicted molar refractivity (Wildman–Crippen MR) is 99.8 cm³/mol. The van der Waals surface area contributed by atoms with Crippen molar-refractivity contribution in [2.75, 3.05) is 6.54 Å². The summed E-state index contributed by atoms with van der Waals surface area (Å²) in [6, 6.07) is 13.4. The first-order valence-electron chi connectivity index (χ1n) is 7.99. The van der Waals surface area contributed by atoms with Crippen molar-refractivity contribution in [2.24, 2.45) is 0 Å². The Balaban J connectivity index is 1.80. The molecule has 0 fully saturated rings. The van der Waals surface area contributed by atoms with Crippen molar-refractivity contribution < 1.29 is 4.79 Å². The van der Waals surface area contributed by atoms with Crippen LogP contribution in [0.5, 0.6) is 0 Å². The van der Waals surface area contributed by atoms with Crippen LogP contribution in [0.2, 0.25) is 5.02 Å².